The molecule has 0 aliphatic carbocycles. The molecule has 3 atom stereocenters. The van der Waals surface area contributed by atoms with Gasteiger partial charge in [-0.1, -0.05) is 44.2 Å². The van der Waals surface area contributed by atoms with Crippen LogP contribution in [0.4, 0.5) is 4.39 Å². The molecule has 41 heavy (non-hydrogen) atoms. The first kappa shape index (κ1) is 32.9. The van der Waals surface area contributed by atoms with Gasteiger partial charge in [0.25, 0.3) is 5.91 Å². The molecule has 2 aromatic carbocycles. The predicted molar refractivity (Wildman–Crippen MR) is 156 cm³/mol. The van der Waals surface area contributed by atoms with E-state index in [0.29, 0.717) is 24.3 Å². The van der Waals surface area contributed by atoms with E-state index in [1.807, 2.05) is 49.1 Å². The quantitative estimate of drug-likeness (QED) is 0.293. The minimum absolute atomic E-state index is 0. The molecule has 0 radical (unpaired) electrons. The molecule has 4 rings (SSSR count). The van der Waals surface area contributed by atoms with Crippen molar-refractivity contribution in [2.45, 2.75) is 83.0 Å². The van der Waals surface area contributed by atoms with Gasteiger partial charge in [-0.15, -0.1) is 0 Å². The number of aliphatic hydroxyl groups excluding tert-OH is 2. The third-order valence-electron chi connectivity index (χ3n) is 7.49. The Morgan fingerprint density at radius 1 is 1.02 bits per heavy atom. The van der Waals surface area contributed by atoms with Crippen LogP contribution in [0.3, 0.4) is 0 Å². The van der Waals surface area contributed by atoms with Crippen molar-refractivity contribution in [3.05, 3.63) is 82.9 Å². The first-order chi connectivity index (χ1) is 19.2. The summed E-state index contributed by atoms with van der Waals surface area (Å²) in [5, 5.41) is 34.3. The molecular formula is C31H39FN3NaO5. The number of amides is 1. The monoisotopic (exact) mass is 575 g/mol. The molecule has 1 aliphatic heterocycles. The fourth-order valence-corrected chi connectivity index (χ4v) is 5.62. The van der Waals surface area contributed by atoms with Gasteiger partial charge in [0.2, 0.25) is 0 Å². The van der Waals surface area contributed by atoms with Crippen LogP contribution in [-0.4, -0.2) is 90.2 Å². The van der Waals surface area contributed by atoms with Crippen molar-refractivity contribution < 1.29 is 29.3 Å². The first-order valence-corrected chi connectivity index (χ1v) is 14.0. The van der Waals surface area contributed by atoms with Gasteiger partial charge in [0, 0.05) is 17.8 Å². The molecule has 1 aliphatic rings. The van der Waals surface area contributed by atoms with Crippen molar-refractivity contribution in [3.63, 3.8) is 0 Å². The Balaban J connectivity index is 0.00000462. The van der Waals surface area contributed by atoms with Crippen molar-refractivity contribution >= 4 is 41.4 Å². The van der Waals surface area contributed by atoms with Gasteiger partial charge in [0.15, 0.2) is 5.69 Å². The predicted octanol–water partition coefficient (Wildman–Crippen LogP) is 4.37. The molecular weight excluding hydrogens is 536 g/mol. The van der Waals surface area contributed by atoms with Crippen LogP contribution in [0.2, 0.25) is 0 Å². The number of likely N-dealkylation sites (tertiary alicyclic amines) is 1. The Bertz CT molecular complexity index is 1300. The summed E-state index contributed by atoms with van der Waals surface area (Å²) >= 11 is 0. The van der Waals surface area contributed by atoms with Gasteiger partial charge in [0.1, 0.15) is 5.82 Å². The summed E-state index contributed by atoms with van der Waals surface area (Å²) in [5.41, 5.74) is 3.52. The van der Waals surface area contributed by atoms with Gasteiger partial charge in [-0.05, 0) is 74.3 Å². The summed E-state index contributed by atoms with van der Waals surface area (Å²) in [6.07, 6.45) is 0.722. The Kier molecular flexibility index (Phi) is 12.1. The SMILES string of the molecule is CC(C)c1c(C(=O)N2CCCCC2c2ccccc2)nn(-c2ccc(F)cc2)c1CC[C@@H](O)C[C@@H](O)CC(=O)O.[NaH]. The molecule has 1 aromatic heterocycles. The van der Waals surface area contributed by atoms with E-state index < -0.39 is 24.6 Å². The van der Waals surface area contributed by atoms with Crippen LogP contribution in [0.5, 0.6) is 0 Å². The summed E-state index contributed by atoms with van der Waals surface area (Å²) in [7, 11) is 0. The average Bonchev–Trinajstić information content (AvgIpc) is 3.31. The van der Waals surface area contributed by atoms with Gasteiger partial charge >= 0.3 is 35.5 Å². The van der Waals surface area contributed by atoms with Gasteiger partial charge in [-0.2, -0.15) is 5.10 Å². The Hall–Kier alpha value is -2.56. The molecule has 10 heteroatoms. The zero-order valence-corrected chi connectivity index (χ0v) is 23.0. The van der Waals surface area contributed by atoms with Crippen LogP contribution in [0.15, 0.2) is 54.6 Å². The topological polar surface area (TPSA) is 116 Å². The van der Waals surface area contributed by atoms with Crippen molar-refractivity contribution in [2.75, 3.05) is 6.54 Å². The van der Waals surface area contributed by atoms with Crippen molar-refractivity contribution in [1.82, 2.24) is 14.7 Å². The zero-order chi connectivity index (χ0) is 28.8. The summed E-state index contributed by atoms with van der Waals surface area (Å²) < 4.78 is 15.4. The van der Waals surface area contributed by atoms with Gasteiger partial charge in [-0.25, -0.2) is 9.07 Å². The number of halogens is 1. The van der Waals surface area contributed by atoms with Crippen LogP contribution < -0.4 is 0 Å². The zero-order valence-electron chi connectivity index (χ0n) is 23.0. The second kappa shape index (κ2) is 15.1. The number of piperidine rings is 1. The number of carbonyl (C=O) groups is 2. The molecule has 216 valence electrons. The summed E-state index contributed by atoms with van der Waals surface area (Å²) in [4.78, 5) is 27.0. The molecule has 1 saturated heterocycles. The average molecular weight is 576 g/mol. The molecule has 1 amide bonds. The number of hydrogen-bond acceptors (Lipinski definition) is 5. The van der Waals surface area contributed by atoms with Crippen LogP contribution in [0, 0.1) is 5.82 Å². The Morgan fingerprint density at radius 2 is 1.71 bits per heavy atom. The van der Waals surface area contributed by atoms with E-state index in [9.17, 15) is 24.2 Å². The molecule has 2 heterocycles. The van der Waals surface area contributed by atoms with E-state index in [-0.39, 0.29) is 66.1 Å². The van der Waals surface area contributed by atoms with Crippen molar-refractivity contribution in [1.29, 1.82) is 0 Å². The van der Waals surface area contributed by atoms with Gasteiger partial charge in [0.05, 0.1) is 30.4 Å². The summed E-state index contributed by atoms with van der Waals surface area (Å²) in [6, 6.07) is 15.8. The molecule has 0 spiro atoms. The van der Waals surface area contributed by atoms with Gasteiger partial charge in [-0.3, -0.25) is 9.59 Å². The van der Waals surface area contributed by atoms with E-state index in [1.54, 1.807) is 16.8 Å². The van der Waals surface area contributed by atoms with E-state index in [0.717, 1.165) is 36.1 Å². The van der Waals surface area contributed by atoms with Crippen molar-refractivity contribution in [2.24, 2.45) is 0 Å². The molecule has 3 aromatic rings. The minimum atomic E-state index is -1.16. The number of aromatic nitrogens is 2. The third kappa shape index (κ3) is 8.26. The molecule has 1 unspecified atom stereocenters. The van der Waals surface area contributed by atoms with Crippen LogP contribution in [0.1, 0.15) is 91.6 Å². The number of carboxylic acids is 1. The molecule has 0 bridgehead atoms. The molecule has 8 nitrogen and oxygen atoms in total. The number of hydrogen-bond donors (Lipinski definition) is 3. The number of aliphatic carboxylic acids is 1. The fraction of sp³-hybridized carbons (Fsp3) is 0.452. The van der Waals surface area contributed by atoms with E-state index in [4.69, 9.17) is 10.2 Å². The summed E-state index contributed by atoms with van der Waals surface area (Å²) in [5.74, 6) is -1.75. The molecule has 1 fully saturated rings. The summed E-state index contributed by atoms with van der Waals surface area (Å²) in [6.45, 7) is 4.60. The van der Waals surface area contributed by atoms with E-state index >= 15 is 0 Å². The third-order valence-corrected chi connectivity index (χ3v) is 7.49. The molecule has 3 N–H and O–H groups in total. The Labute approximate surface area is 262 Å². The van der Waals surface area contributed by atoms with Crippen LogP contribution >= 0.6 is 0 Å². The maximum atomic E-state index is 14.2. The number of nitrogens with zero attached hydrogens (tertiary/aromatic N) is 3. The Morgan fingerprint density at radius 3 is 2.34 bits per heavy atom. The fourth-order valence-electron chi connectivity index (χ4n) is 5.62. The van der Waals surface area contributed by atoms with Crippen molar-refractivity contribution in [3.8, 4) is 5.69 Å². The normalized spacial score (nSPS) is 16.7. The number of rotatable bonds is 11. The van der Waals surface area contributed by atoms with Crippen LogP contribution in [-0.2, 0) is 11.2 Å². The number of benzene rings is 2. The number of aliphatic hydroxyl groups is 2. The van der Waals surface area contributed by atoms with Gasteiger partial charge < -0.3 is 20.2 Å². The maximum absolute atomic E-state index is 14.2. The van der Waals surface area contributed by atoms with E-state index in [1.165, 1.54) is 12.1 Å². The second-order valence-corrected chi connectivity index (χ2v) is 10.9. The standard InChI is InChI=1S/C31H38FN3O5.Na.H/c1-20(2)29-27(16-15-24(36)18-25(37)19-28(38)39)35(23-13-11-22(32)12-14-23)33-30(29)31(40)34-17-7-6-10-26(34)21-8-4-3-5-9-21;;/h3-5,8-9,11-14,20,24-26,36-37H,6-7,10,15-19H2,1-2H3,(H,38,39);;/t24-,25-,26?;;/m1../s1. The second-order valence-electron chi connectivity index (χ2n) is 10.9. The molecule has 0 saturated carbocycles. The first-order valence-electron chi connectivity index (χ1n) is 14.0. The van der Waals surface area contributed by atoms with E-state index in [2.05, 4.69) is 0 Å². The number of carboxylic acid groups (broad SMARTS) is 1. The van der Waals surface area contributed by atoms with Crippen LogP contribution in [0.25, 0.3) is 5.69 Å². The number of carbonyl (C=O) groups excluding carboxylic acids is 1.